The molecule has 1 aromatic rings. The molecule has 154 valence electrons. The number of halogens is 2. The van der Waals surface area contributed by atoms with Crippen LogP contribution in [0.1, 0.15) is 37.8 Å². The third-order valence-corrected chi connectivity index (χ3v) is 5.61. The summed E-state index contributed by atoms with van der Waals surface area (Å²) < 4.78 is 5.46. The number of ether oxygens (including phenoxy) is 1. The quantitative estimate of drug-likeness (QED) is 0.746. The zero-order valence-electron chi connectivity index (χ0n) is 16.0. The maximum Gasteiger partial charge on any atom is 0.224 e. The van der Waals surface area contributed by atoms with E-state index in [1.54, 1.807) is 0 Å². The van der Waals surface area contributed by atoms with Crippen molar-refractivity contribution in [1.82, 2.24) is 10.2 Å². The van der Waals surface area contributed by atoms with Crippen LogP contribution in [0.4, 0.5) is 0 Å². The van der Waals surface area contributed by atoms with Crippen molar-refractivity contribution in [3.8, 4) is 0 Å². The van der Waals surface area contributed by atoms with Crippen LogP contribution in [-0.2, 0) is 9.53 Å². The molecule has 3 atom stereocenters. The highest BCUT2D eigenvalue weighted by Crippen LogP contribution is 2.21. The molecule has 2 aliphatic heterocycles. The molecule has 1 aromatic carbocycles. The molecular weight excluding hydrogens is 385 g/mol. The smallest absolute Gasteiger partial charge is 0.224 e. The van der Waals surface area contributed by atoms with Crippen LogP contribution < -0.4 is 11.1 Å². The van der Waals surface area contributed by atoms with Gasteiger partial charge in [0.05, 0.1) is 12.5 Å². The van der Waals surface area contributed by atoms with E-state index in [2.05, 4.69) is 10.2 Å². The van der Waals surface area contributed by atoms with Crippen LogP contribution >= 0.6 is 24.8 Å². The van der Waals surface area contributed by atoms with Gasteiger partial charge in [-0.05, 0) is 30.7 Å². The molecule has 0 radical (unpaired) electrons. The minimum atomic E-state index is -0.261. The number of hydrogen-bond acceptors (Lipinski definition) is 4. The van der Waals surface area contributed by atoms with Crippen LogP contribution in [0.2, 0.25) is 0 Å². The predicted molar refractivity (Wildman–Crippen MR) is 114 cm³/mol. The molecule has 0 spiro atoms. The molecule has 2 fully saturated rings. The summed E-state index contributed by atoms with van der Waals surface area (Å²) in [5.74, 6) is 0.532. The first kappa shape index (κ1) is 24.2. The Balaban J connectivity index is 0.00000182. The number of nitrogens with two attached hydrogens (primary N) is 1. The SMILES string of the molecule is CC(C(=O)NC1CCN(CC2CCOC2)CC1)C(N)c1ccccc1.Cl.Cl. The lowest BCUT2D eigenvalue weighted by Crippen LogP contribution is -2.48. The molecule has 1 amide bonds. The van der Waals surface area contributed by atoms with Gasteiger partial charge in [0.15, 0.2) is 0 Å². The van der Waals surface area contributed by atoms with Gasteiger partial charge in [-0.3, -0.25) is 4.79 Å². The van der Waals surface area contributed by atoms with Gasteiger partial charge in [0.2, 0.25) is 5.91 Å². The third-order valence-electron chi connectivity index (χ3n) is 5.61. The van der Waals surface area contributed by atoms with Crippen molar-refractivity contribution >= 4 is 30.7 Å². The highest BCUT2D eigenvalue weighted by molar-refractivity contribution is 5.85. The first-order valence-electron chi connectivity index (χ1n) is 9.54. The molecule has 0 saturated carbocycles. The van der Waals surface area contributed by atoms with Gasteiger partial charge in [0, 0.05) is 38.3 Å². The van der Waals surface area contributed by atoms with E-state index in [-0.39, 0.29) is 48.7 Å². The van der Waals surface area contributed by atoms with Crippen molar-refractivity contribution in [2.75, 3.05) is 32.8 Å². The van der Waals surface area contributed by atoms with E-state index in [1.165, 1.54) is 6.42 Å². The fraction of sp³-hybridized carbons (Fsp3) is 0.650. The Bertz CT molecular complexity index is 547. The topological polar surface area (TPSA) is 67.6 Å². The molecular formula is C20H33Cl2N3O2. The predicted octanol–water partition coefficient (Wildman–Crippen LogP) is 2.78. The summed E-state index contributed by atoms with van der Waals surface area (Å²) in [6.07, 6.45) is 3.23. The van der Waals surface area contributed by atoms with E-state index in [0.717, 1.165) is 51.3 Å². The number of hydrogen-bond donors (Lipinski definition) is 2. The van der Waals surface area contributed by atoms with Crippen LogP contribution in [0.25, 0.3) is 0 Å². The summed E-state index contributed by atoms with van der Waals surface area (Å²) in [4.78, 5) is 15.1. The second kappa shape index (κ2) is 11.9. The average Bonchev–Trinajstić information content (AvgIpc) is 3.16. The van der Waals surface area contributed by atoms with Crippen LogP contribution in [0.3, 0.4) is 0 Å². The number of nitrogens with one attached hydrogen (secondary N) is 1. The first-order chi connectivity index (χ1) is 12.1. The number of carbonyl (C=O) groups is 1. The van der Waals surface area contributed by atoms with E-state index in [1.807, 2.05) is 37.3 Å². The van der Waals surface area contributed by atoms with E-state index >= 15 is 0 Å². The molecule has 7 heteroatoms. The lowest BCUT2D eigenvalue weighted by Gasteiger charge is -2.34. The molecule has 0 aliphatic carbocycles. The van der Waals surface area contributed by atoms with Crippen molar-refractivity contribution in [3.63, 3.8) is 0 Å². The molecule has 27 heavy (non-hydrogen) atoms. The Hall–Kier alpha value is -0.850. The number of piperidine rings is 1. The minimum absolute atomic E-state index is 0. The van der Waals surface area contributed by atoms with Crippen molar-refractivity contribution in [2.24, 2.45) is 17.6 Å². The fourth-order valence-corrected chi connectivity index (χ4v) is 3.81. The van der Waals surface area contributed by atoms with E-state index < -0.39 is 0 Å². The van der Waals surface area contributed by atoms with Gasteiger partial charge >= 0.3 is 0 Å². The molecule has 2 saturated heterocycles. The van der Waals surface area contributed by atoms with E-state index in [4.69, 9.17) is 10.5 Å². The number of rotatable bonds is 6. The Morgan fingerprint density at radius 1 is 1.22 bits per heavy atom. The first-order valence-corrected chi connectivity index (χ1v) is 9.54. The molecule has 0 aromatic heterocycles. The van der Waals surface area contributed by atoms with E-state index in [0.29, 0.717) is 5.92 Å². The van der Waals surface area contributed by atoms with Crippen molar-refractivity contribution in [3.05, 3.63) is 35.9 Å². The number of likely N-dealkylation sites (tertiary alicyclic amines) is 1. The van der Waals surface area contributed by atoms with Crippen LogP contribution in [0.15, 0.2) is 30.3 Å². The van der Waals surface area contributed by atoms with Gasteiger partial charge in [-0.2, -0.15) is 0 Å². The Morgan fingerprint density at radius 2 is 1.89 bits per heavy atom. The number of benzene rings is 1. The fourth-order valence-electron chi connectivity index (χ4n) is 3.81. The largest absolute Gasteiger partial charge is 0.381 e. The number of carbonyl (C=O) groups excluding carboxylic acids is 1. The monoisotopic (exact) mass is 417 g/mol. The van der Waals surface area contributed by atoms with Gasteiger partial charge in [-0.1, -0.05) is 37.3 Å². The van der Waals surface area contributed by atoms with Crippen LogP contribution in [0, 0.1) is 11.8 Å². The Morgan fingerprint density at radius 3 is 2.48 bits per heavy atom. The zero-order chi connectivity index (χ0) is 17.6. The minimum Gasteiger partial charge on any atom is -0.381 e. The second-order valence-electron chi connectivity index (χ2n) is 7.54. The molecule has 3 N–H and O–H groups in total. The van der Waals surface area contributed by atoms with Gasteiger partial charge in [0.1, 0.15) is 0 Å². The zero-order valence-corrected chi connectivity index (χ0v) is 17.6. The highest BCUT2D eigenvalue weighted by Gasteiger charge is 2.27. The van der Waals surface area contributed by atoms with Crippen molar-refractivity contribution in [2.45, 2.75) is 38.3 Å². The summed E-state index contributed by atoms with van der Waals surface area (Å²) in [5.41, 5.74) is 7.29. The normalized spacial score (nSPS) is 23.0. The summed E-state index contributed by atoms with van der Waals surface area (Å²) in [7, 11) is 0. The lowest BCUT2D eigenvalue weighted by atomic mass is 9.93. The number of nitrogens with zero attached hydrogens (tertiary/aromatic N) is 1. The summed E-state index contributed by atoms with van der Waals surface area (Å²) >= 11 is 0. The van der Waals surface area contributed by atoms with Gasteiger partial charge in [0.25, 0.3) is 0 Å². The molecule has 5 nitrogen and oxygen atoms in total. The van der Waals surface area contributed by atoms with Gasteiger partial charge in [-0.25, -0.2) is 0 Å². The molecule has 2 heterocycles. The van der Waals surface area contributed by atoms with Crippen LogP contribution in [0.5, 0.6) is 0 Å². The molecule has 3 rings (SSSR count). The van der Waals surface area contributed by atoms with Gasteiger partial charge < -0.3 is 20.7 Å². The molecule has 2 aliphatic rings. The summed E-state index contributed by atoms with van der Waals surface area (Å²) in [5, 5.41) is 3.21. The summed E-state index contributed by atoms with van der Waals surface area (Å²) in [6, 6.07) is 9.87. The average molecular weight is 418 g/mol. The maximum absolute atomic E-state index is 12.6. The Kier molecular flexibility index (Phi) is 10.6. The van der Waals surface area contributed by atoms with Crippen molar-refractivity contribution < 1.29 is 9.53 Å². The van der Waals surface area contributed by atoms with Crippen molar-refractivity contribution in [1.29, 1.82) is 0 Å². The standard InChI is InChI=1S/C20H31N3O2.2ClH/c1-15(19(21)17-5-3-2-4-6-17)20(24)22-18-7-10-23(11-8-18)13-16-9-12-25-14-16;;/h2-6,15-16,18-19H,7-14,21H2,1H3,(H,22,24);2*1H. The Labute approximate surface area is 175 Å². The van der Waals surface area contributed by atoms with Crippen LogP contribution in [-0.4, -0.2) is 49.7 Å². The maximum atomic E-state index is 12.6. The highest BCUT2D eigenvalue weighted by atomic mass is 35.5. The summed E-state index contributed by atoms with van der Waals surface area (Å²) in [6.45, 7) is 6.99. The van der Waals surface area contributed by atoms with Gasteiger partial charge in [-0.15, -0.1) is 24.8 Å². The second-order valence-corrected chi connectivity index (χ2v) is 7.54. The third kappa shape index (κ3) is 6.91. The number of amides is 1. The van der Waals surface area contributed by atoms with E-state index in [9.17, 15) is 4.79 Å². The molecule has 3 unspecified atom stereocenters. The molecule has 0 bridgehead atoms. The lowest BCUT2D eigenvalue weighted by molar-refractivity contribution is -0.126.